The minimum absolute atomic E-state index is 0.433. The van der Waals surface area contributed by atoms with Crippen LogP contribution >= 0.6 is 63.7 Å². The van der Waals surface area contributed by atoms with Crippen molar-refractivity contribution in [2.24, 2.45) is 0 Å². The first kappa shape index (κ1) is 43.7. The zero-order chi connectivity index (χ0) is 43.2. The third-order valence-corrected chi connectivity index (χ3v) is 16.0. The first-order chi connectivity index (χ1) is 30.2. The van der Waals surface area contributed by atoms with Crippen molar-refractivity contribution < 1.29 is 9.53 Å². The Morgan fingerprint density at radius 2 is 0.887 bits per heavy atom. The molecule has 8 heteroatoms. The molecule has 0 unspecified atom stereocenters. The van der Waals surface area contributed by atoms with Gasteiger partial charge in [-0.3, -0.25) is 0 Å². The van der Waals surface area contributed by atoms with Crippen LogP contribution < -0.4 is 10.6 Å². The highest BCUT2D eigenvalue weighted by molar-refractivity contribution is 9.15. The van der Waals surface area contributed by atoms with Crippen LogP contribution in [0.3, 0.4) is 0 Å². The van der Waals surface area contributed by atoms with Gasteiger partial charge in [-0.2, -0.15) is 0 Å². The van der Waals surface area contributed by atoms with Gasteiger partial charge in [0.2, 0.25) is 0 Å². The molecule has 0 saturated heterocycles. The van der Waals surface area contributed by atoms with Gasteiger partial charge in [-0.1, -0.05) is 159 Å². The van der Waals surface area contributed by atoms with Gasteiger partial charge in [-0.15, -0.1) is 0 Å². The molecule has 2 N–H and O–H groups in total. The Balaban J connectivity index is 1.37. The lowest BCUT2D eigenvalue weighted by atomic mass is 9.82. The fraction of sp³-hybridized carbons (Fsp3) is 0.130. The highest BCUT2D eigenvalue weighted by Gasteiger charge is 2.48. The fourth-order valence-electron chi connectivity index (χ4n) is 7.91. The van der Waals surface area contributed by atoms with Crippen LogP contribution in [0.1, 0.15) is 74.3 Å². The molecule has 7 aromatic carbocycles. The Morgan fingerprint density at radius 1 is 0.500 bits per heavy atom. The van der Waals surface area contributed by atoms with E-state index in [0.717, 1.165) is 62.1 Å². The van der Waals surface area contributed by atoms with Gasteiger partial charge in [-0.05, 0) is 145 Å². The number of ether oxygens (including phenoxy) is 1. The predicted molar refractivity (Wildman–Crippen MR) is 271 cm³/mol. The van der Waals surface area contributed by atoms with Gasteiger partial charge < -0.3 is 15.4 Å². The van der Waals surface area contributed by atoms with E-state index < -0.39 is 11.6 Å². The molecular weight excluding hydrogens is 1030 g/mol. The van der Waals surface area contributed by atoms with Crippen molar-refractivity contribution in [1.29, 1.82) is 0 Å². The Bertz CT molecular complexity index is 2640. The summed E-state index contributed by atoms with van der Waals surface area (Å²) in [6.45, 7) is 5.61. The lowest BCUT2D eigenvalue weighted by molar-refractivity contribution is 0.0298. The van der Waals surface area contributed by atoms with Gasteiger partial charge >= 0.3 is 5.97 Å². The average molecular weight is 1070 g/mol. The maximum absolute atomic E-state index is 14.6. The summed E-state index contributed by atoms with van der Waals surface area (Å²) in [5, 5.41) is 7.50. The Labute approximate surface area is 398 Å². The molecule has 0 fully saturated rings. The van der Waals surface area contributed by atoms with E-state index in [4.69, 9.17) is 4.74 Å². The number of rotatable bonds is 14. The van der Waals surface area contributed by atoms with Gasteiger partial charge in [0.25, 0.3) is 0 Å². The summed E-state index contributed by atoms with van der Waals surface area (Å²) in [6.07, 6.45) is 6.23. The number of fused-ring (bicyclic) bond motifs is 1. The number of para-hydroxylation sites is 2. The second-order valence-corrected chi connectivity index (χ2v) is 18.3. The van der Waals surface area contributed by atoms with Crippen molar-refractivity contribution in [1.82, 2.24) is 0 Å². The van der Waals surface area contributed by atoms with Gasteiger partial charge in [0.1, 0.15) is 0 Å². The van der Waals surface area contributed by atoms with Crippen molar-refractivity contribution in [3.63, 3.8) is 0 Å². The summed E-state index contributed by atoms with van der Waals surface area (Å²) in [4.78, 5) is 14.6. The van der Waals surface area contributed by atoms with Gasteiger partial charge in [0.05, 0.1) is 5.56 Å². The predicted octanol–water partition coefficient (Wildman–Crippen LogP) is 15.7. The topological polar surface area (TPSA) is 50.4 Å². The van der Waals surface area contributed by atoms with Crippen molar-refractivity contribution >= 4 is 92.2 Å². The molecule has 1 aliphatic rings. The van der Waals surface area contributed by atoms with Crippen molar-refractivity contribution in [3.8, 4) is 0 Å². The SMILES string of the molecule is CCc1ccc(CNc2ccccc2C(=CC2(C=C(c3ccccc3)c3ccccc3NCc3ccc(CC)cc3)OC(=O)c3c(Br)c(Br)c(Br)c(Br)c32)c2ccccc2)cc1. The molecule has 4 nitrogen and oxygen atoms in total. The normalized spacial score (nSPS) is 15.0. The average Bonchev–Trinajstić information content (AvgIpc) is 3.61. The first-order valence-corrected chi connectivity index (χ1v) is 23.8. The molecule has 0 aromatic heterocycles. The Hall–Kier alpha value is -4.99. The van der Waals surface area contributed by atoms with E-state index in [2.05, 4.69) is 210 Å². The highest BCUT2D eigenvalue weighted by Crippen LogP contribution is 2.54. The largest absolute Gasteiger partial charge is 0.442 e. The number of hydrogen-bond donors (Lipinski definition) is 2. The minimum Gasteiger partial charge on any atom is -0.442 e. The van der Waals surface area contributed by atoms with Crippen LogP contribution in [-0.4, -0.2) is 5.97 Å². The second kappa shape index (κ2) is 19.6. The van der Waals surface area contributed by atoms with Crippen LogP contribution in [0.15, 0.2) is 188 Å². The highest BCUT2D eigenvalue weighted by atomic mass is 79.9. The molecular formula is C54H44Br4N2O2. The number of carbonyl (C=O) groups is 1. The molecule has 0 radical (unpaired) electrons. The van der Waals surface area contributed by atoms with Crippen LogP contribution in [0.5, 0.6) is 0 Å². The second-order valence-electron chi connectivity index (χ2n) is 15.2. The number of esters is 1. The Morgan fingerprint density at radius 3 is 1.32 bits per heavy atom. The molecule has 8 rings (SSSR count). The van der Waals surface area contributed by atoms with Gasteiger partial charge in [0.15, 0.2) is 5.60 Å². The summed E-state index contributed by atoms with van der Waals surface area (Å²) in [6, 6.07) is 54.8. The number of anilines is 2. The zero-order valence-corrected chi connectivity index (χ0v) is 40.7. The zero-order valence-electron chi connectivity index (χ0n) is 34.3. The molecule has 0 bridgehead atoms. The number of hydrogen-bond acceptors (Lipinski definition) is 4. The van der Waals surface area contributed by atoms with Crippen LogP contribution in [0.4, 0.5) is 11.4 Å². The van der Waals surface area contributed by atoms with E-state index in [0.29, 0.717) is 37.6 Å². The number of aryl methyl sites for hydroxylation is 2. The first-order valence-electron chi connectivity index (χ1n) is 20.7. The Kier molecular flexibility index (Phi) is 13.8. The number of benzene rings is 7. The van der Waals surface area contributed by atoms with E-state index >= 15 is 0 Å². The monoisotopic (exact) mass is 1070 g/mol. The van der Waals surface area contributed by atoms with E-state index in [1.807, 2.05) is 48.5 Å². The van der Waals surface area contributed by atoms with Crippen LogP contribution in [0.2, 0.25) is 0 Å². The molecule has 0 amide bonds. The number of cyclic esters (lactones) is 1. The van der Waals surface area contributed by atoms with Crippen molar-refractivity contribution in [2.45, 2.75) is 45.4 Å². The van der Waals surface area contributed by atoms with Crippen LogP contribution in [0.25, 0.3) is 11.1 Å². The summed E-state index contributed by atoms with van der Waals surface area (Å²) in [5.41, 5.74) is 12.2. The minimum atomic E-state index is -1.43. The van der Waals surface area contributed by atoms with Gasteiger partial charge in [-0.25, -0.2) is 4.79 Å². The smallest absolute Gasteiger partial charge is 0.341 e. The molecule has 0 atom stereocenters. The van der Waals surface area contributed by atoms with Crippen LogP contribution in [0, 0.1) is 0 Å². The van der Waals surface area contributed by atoms with Gasteiger partial charge in [0, 0.05) is 59.0 Å². The van der Waals surface area contributed by atoms with Crippen LogP contribution in [-0.2, 0) is 36.3 Å². The third kappa shape index (κ3) is 9.21. The molecule has 1 aliphatic heterocycles. The fourth-order valence-corrected chi connectivity index (χ4v) is 10.5. The number of nitrogens with one attached hydrogen (secondary N) is 2. The quantitative estimate of drug-likeness (QED) is 0.0647. The lowest BCUT2D eigenvalue weighted by Crippen LogP contribution is -2.23. The third-order valence-electron chi connectivity index (χ3n) is 11.3. The molecule has 310 valence electrons. The molecule has 0 saturated carbocycles. The molecule has 62 heavy (non-hydrogen) atoms. The maximum Gasteiger partial charge on any atom is 0.341 e. The summed E-state index contributed by atoms with van der Waals surface area (Å²) < 4.78 is 9.65. The summed E-state index contributed by atoms with van der Waals surface area (Å²) in [7, 11) is 0. The van der Waals surface area contributed by atoms with E-state index in [1.165, 1.54) is 22.3 Å². The maximum atomic E-state index is 14.6. The molecule has 0 spiro atoms. The molecule has 7 aromatic rings. The summed E-state index contributed by atoms with van der Waals surface area (Å²) >= 11 is 15.3. The van der Waals surface area contributed by atoms with Crippen molar-refractivity contribution in [2.75, 3.05) is 10.6 Å². The van der Waals surface area contributed by atoms with Crippen molar-refractivity contribution in [3.05, 3.63) is 243 Å². The van der Waals surface area contributed by atoms with E-state index in [-0.39, 0.29) is 0 Å². The lowest BCUT2D eigenvalue weighted by Gasteiger charge is -2.28. The standard InChI is InChI=1S/C54H44Br4N2O2/c1-3-35-23-27-37(28-24-35)33-59-45-21-13-11-19-41(45)43(39-15-7-5-8-16-39)31-54(48-47(53(61)62-54)49(55)51(57)52(58)50(48)56)32-44(40-17-9-6-10-18-40)42-20-12-14-22-46(42)60-34-38-29-25-36(4-2)26-30-38/h5-32,59-60H,3-4,33-34H2,1-2H3. The number of halogens is 4. The van der Waals surface area contributed by atoms with E-state index in [1.54, 1.807) is 0 Å². The van der Waals surface area contributed by atoms with E-state index in [9.17, 15) is 4.79 Å². The molecule has 1 heterocycles. The molecule has 0 aliphatic carbocycles. The number of carbonyl (C=O) groups excluding carboxylic acids is 1. The summed E-state index contributed by atoms with van der Waals surface area (Å²) in [5.74, 6) is -0.447.